The Bertz CT molecular complexity index is 719. The van der Waals surface area contributed by atoms with Crippen LogP contribution in [-0.4, -0.2) is 44.0 Å². The van der Waals surface area contributed by atoms with Gasteiger partial charge in [-0.25, -0.2) is 0 Å². The van der Waals surface area contributed by atoms with Crippen LogP contribution >= 0.6 is 0 Å². The van der Waals surface area contributed by atoms with Crippen molar-refractivity contribution in [1.29, 1.82) is 0 Å². The standard InChI is InChI=1S/C17H23N5O/c18-17(8-2-3-9-17)16(23)21-10-5-6-13(12-21)15-20-19-14-7-1-4-11-22(14)15/h1,4,7,11,13H,2-3,5-6,8-10,12,18H2. The van der Waals surface area contributed by atoms with Gasteiger partial charge in [0.15, 0.2) is 5.65 Å². The zero-order valence-corrected chi connectivity index (χ0v) is 13.3. The zero-order valence-electron chi connectivity index (χ0n) is 13.3. The molecule has 1 aliphatic carbocycles. The number of amides is 1. The number of aromatic nitrogens is 3. The lowest BCUT2D eigenvalue weighted by Crippen LogP contribution is -2.55. The van der Waals surface area contributed by atoms with Gasteiger partial charge in [0.25, 0.3) is 0 Å². The smallest absolute Gasteiger partial charge is 0.242 e. The predicted octanol–water partition coefficient (Wildman–Crippen LogP) is 1.71. The SMILES string of the molecule is NC1(C(=O)N2CCCC(c3nnc4ccccn34)C2)CCCC1. The first-order chi connectivity index (χ1) is 11.2. The van der Waals surface area contributed by atoms with E-state index in [4.69, 9.17) is 5.73 Å². The quantitative estimate of drug-likeness (QED) is 0.915. The molecule has 1 saturated heterocycles. The van der Waals surface area contributed by atoms with Gasteiger partial charge in [-0.3, -0.25) is 9.20 Å². The molecule has 0 bridgehead atoms. The highest BCUT2D eigenvalue weighted by atomic mass is 16.2. The van der Waals surface area contributed by atoms with E-state index in [-0.39, 0.29) is 11.8 Å². The van der Waals surface area contributed by atoms with Crippen molar-refractivity contribution >= 4 is 11.6 Å². The van der Waals surface area contributed by atoms with Gasteiger partial charge in [-0.2, -0.15) is 0 Å². The third kappa shape index (κ3) is 2.51. The van der Waals surface area contributed by atoms with E-state index in [0.717, 1.165) is 56.5 Å². The molecule has 3 heterocycles. The normalized spacial score (nSPS) is 24.2. The number of fused-ring (bicyclic) bond motifs is 1. The molecule has 0 radical (unpaired) electrons. The van der Waals surface area contributed by atoms with E-state index in [2.05, 4.69) is 10.2 Å². The molecule has 1 aliphatic heterocycles. The molecule has 122 valence electrons. The van der Waals surface area contributed by atoms with E-state index >= 15 is 0 Å². The number of carbonyl (C=O) groups excluding carboxylic acids is 1. The zero-order chi connectivity index (χ0) is 15.9. The second kappa shape index (κ2) is 5.60. The summed E-state index contributed by atoms with van der Waals surface area (Å²) in [5.41, 5.74) is 6.59. The van der Waals surface area contributed by atoms with Crippen LogP contribution in [0.25, 0.3) is 5.65 Å². The van der Waals surface area contributed by atoms with E-state index in [1.54, 1.807) is 0 Å². The molecule has 6 nitrogen and oxygen atoms in total. The molecule has 1 unspecified atom stereocenters. The van der Waals surface area contributed by atoms with E-state index < -0.39 is 5.54 Å². The van der Waals surface area contributed by atoms with Crippen LogP contribution in [-0.2, 0) is 4.79 Å². The summed E-state index contributed by atoms with van der Waals surface area (Å²) in [6.07, 6.45) is 7.79. The molecule has 4 rings (SSSR count). The Hall–Kier alpha value is -1.95. The predicted molar refractivity (Wildman–Crippen MR) is 86.9 cm³/mol. The fourth-order valence-electron chi connectivity index (χ4n) is 4.05. The van der Waals surface area contributed by atoms with Crippen LogP contribution in [0.1, 0.15) is 50.3 Å². The Morgan fingerprint density at radius 2 is 2.04 bits per heavy atom. The molecule has 1 amide bonds. The third-order valence-corrected chi connectivity index (χ3v) is 5.34. The van der Waals surface area contributed by atoms with Gasteiger partial charge in [0, 0.05) is 25.2 Å². The first-order valence-electron chi connectivity index (χ1n) is 8.55. The van der Waals surface area contributed by atoms with Crippen molar-refractivity contribution in [3.05, 3.63) is 30.2 Å². The lowest BCUT2D eigenvalue weighted by Gasteiger charge is -2.37. The molecule has 0 spiro atoms. The number of rotatable bonds is 2. The Labute approximate surface area is 135 Å². The fourth-order valence-corrected chi connectivity index (χ4v) is 4.05. The summed E-state index contributed by atoms with van der Waals surface area (Å²) in [4.78, 5) is 14.8. The molecule has 2 fully saturated rings. The minimum atomic E-state index is -0.630. The van der Waals surface area contributed by atoms with E-state index in [9.17, 15) is 4.79 Å². The number of nitrogens with zero attached hydrogens (tertiary/aromatic N) is 4. The van der Waals surface area contributed by atoms with E-state index in [1.807, 2.05) is 33.7 Å². The Morgan fingerprint density at radius 3 is 2.87 bits per heavy atom. The maximum atomic E-state index is 12.9. The van der Waals surface area contributed by atoms with Crippen LogP contribution in [0.15, 0.2) is 24.4 Å². The van der Waals surface area contributed by atoms with Gasteiger partial charge in [-0.15, -0.1) is 10.2 Å². The van der Waals surface area contributed by atoms with Crippen LogP contribution in [0, 0.1) is 0 Å². The van der Waals surface area contributed by atoms with Gasteiger partial charge in [-0.05, 0) is 37.8 Å². The number of pyridine rings is 1. The highest BCUT2D eigenvalue weighted by molar-refractivity contribution is 5.86. The second-order valence-corrected chi connectivity index (χ2v) is 6.94. The first kappa shape index (κ1) is 14.6. The molecule has 1 saturated carbocycles. The third-order valence-electron chi connectivity index (χ3n) is 5.34. The van der Waals surface area contributed by atoms with E-state index in [1.165, 1.54) is 0 Å². The second-order valence-electron chi connectivity index (χ2n) is 6.94. The van der Waals surface area contributed by atoms with Gasteiger partial charge in [-0.1, -0.05) is 18.9 Å². The fraction of sp³-hybridized carbons (Fsp3) is 0.588. The van der Waals surface area contributed by atoms with Gasteiger partial charge in [0.1, 0.15) is 5.82 Å². The van der Waals surface area contributed by atoms with Gasteiger partial charge < -0.3 is 10.6 Å². The van der Waals surface area contributed by atoms with Crippen molar-refractivity contribution in [2.45, 2.75) is 50.0 Å². The monoisotopic (exact) mass is 313 g/mol. The van der Waals surface area contributed by atoms with Gasteiger partial charge >= 0.3 is 0 Å². The van der Waals surface area contributed by atoms with Crippen molar-refractivity contribution < 1.29 is 4.79 Å². The van der Waals surface area contributed by atoms with Crippen molar-refractivity contribution in [3.8, 4) is 0 Å². The molecule has 2 aromatic rings. The van der Waals surface area contributed by atoms with Crippen molar-refractivity contribution in [1.82, 2.24) is 19.5 Å². The number of hydrogen-bond acceptors (Lipinski definition) is 4. The maximum Gasteiger partial charge on any atom is 0.242 e. The van der Waals surface area contributed by atoms with Crippen molar-refractivity contribution in [2.24, 2.45) is 5.73 Å². The minimum absolute atomic E-state index is 0.133. The lowest BCUT2D eigenvalue weighted by molar-refractivity contribution is -0.138. The molecule has 2 aliphatic rings. The highest BCUT2D eigenvalue weighted by Crippen LogP contribution is 2.32. The number of carbonyl (C=O) groups is 1. The number of hydrogen-bond donors (Lipinski definition) is 1. The van der Waals surface area contributed by atoms with Gasteiger partial charge in [0.2, 0.25) is 5.91 Å². The summed E-state index contributed by atoms with van der Waals surface area (Å²) in [6.45, 7) is 1.51. The van der Waals surface area contributed by atoms with Crippen LogP contribution in [0.4, 0.5) is 0 Å². The molecule has 6 heteroatoms. The molecule has 0 aromatic carbocycles. The van der Waals surface area contributed by atoms with Gasteiger partial charge in [0.05, 0.1) is 5.54 Å². The summed E-state index contributed by atoms with van der Waals surface area (Å²) >= 11 is 0. The summed E-state index contributed by atoms with van der Waals surface area (Å²) in [5, 5.41) is 8.61. The number of likely N-dealkylation sites (tertiary alicyclic amines) is 1. The average molecular weight is 313 g/mol. The van der Waals surface area contributed by atoms with Crippen molar-refractivity contribution in [2.75, 3.05) is 13.1 Å². The molecule has 1 atom stereocenters. The Morgan fingerprint density at radius 1 is 1.22 bits per heavy atom. The lowest BCUT2D eigenvalue weighted by atomic mass is 9.92. The minimum Gasteiger partial charge on any atom is -0.340 e. The Balaban J connectivity index is 1.56. The summed E-state index contributed by atoms with van der Waals surface area (Å²) in [6, 6.07) is 5.90. The van der Waals surface area contributed by atoms with E-state index in [0.29, 0.717) is 6.54 Å². The number of nitrogens with two attached hydrogens (primary N) is 1. The molecular weight excluding hydrogens is 290 g/mol. The maximum absolute atomic E-state index is 12.9. The topological polar surface area (TPSA) is 76.5 Å². The largest absolute Gasteiger partial charge is 0.340 e. The number of piperidine rings is 1. The average Bonchev–Trinajstić information content (AvgIpc) is 3.21. The molecule has 2 N–H and O–H groups in total. The Kier molecular flexibility index (Phi) is 3.56. The van der Waals surface area contributed by atoms with Crippen LogP contribution in [0.2, 0.25) is 0 Å². The summed E-state index contributed by atoms with van der Waals surface area (Å²) in [7, 11) is 0. The molecular formula is C17H23N5O. The van der Waals surface area contributed by atoms with Crippen LogP contribution in [0.3, 0.4) is 0 Å². The summed E-state index contributed by atoms with van der Waals surface area (Å²) in [5.74, 6) is 1.32. The van der Waals surface area contributed by atoms with Crippen LogP contribution in [0.5, 0.6) is 0 Å². The first-order valence-corrected chi connectivity index (χ1v) is 8.55. The van der Waals surface area contributed by atoms with Crippen LogP contribution < -0.4 is 5.73 Å². The highest BCUT2D eigenvalue weighted by Gasteiger charge is 2.41. The molecule has 23 heavy (non-hydrogen) atoms. The summed E-state index contributed by atoms with van der Waals surface area (Å²) < 4.78 is 2.03. The van der Waals surface area contributed by atoms with Crippen molar-refractivity contribution in [3.63, 3.8) is 0 Å². The molecule has 2 aromatic heterocycles.